The van der Waals surface area contributed by atoms with E-state index in [1.54, 1.807) is 6.07 Å². The molecule has 5 heteroatoms. The molecule has 0 aliphatic carbocycles. The first kappa shape index (κ1) is 15.0. The Bertz CT molecular complexity index is 656. The summed E-state index contributed by atoms with van der Waals surface area (Å²) in [6.07, 6.45) is -0.0609. The molecule has 0 bridgehead atoms. The van der Waals surface area contributed by atoms with E-state index in [-0.39, 0.29) is 12.0 Å². The van der Waals surface area contributed by atoms with Crippen LogP contribution in [0, 0.1) is 11.6 Å². The van der Waals surface area contributed by atoms with Crippen molar-refractivity contribution in [3.05, 3.63) is 65.2 Å². The third kappa shape index (κ3) is 3.56. The smallest absolute Gasteiger partial charge is 0.311 e. The monoisotopic (exact) mass is 292 g/mol. The first-order valence-corrected chi connectivity index (χ1v) is 6.32. The fourth-order valence-corrected chi connectivity index (χ4v) is 2.11. The van der Waals surface area contributed by atoms with Crippen LogP contribution >= 0.6 is 0 Å². The maximum Gasteiger partial charge on any atom is 0.311 e. The third-order valence-corrected chi connectivity index (χ3v) is 3.23. The lowest BCUT2D eigenvalue weighted by Gasteiger charge is -2.14. The lowest BCUT2D eigenvalue weighted by Crippen LogP contribution is -2.15. The SMILES string of the molecule is COc1ccc(CC(C(=O)O)c2cccc(F)c2)c(F)c1. The molecule has 0 saturated carbocycles. The molecule has 0 aromatic heterocycles. The van der Waals surface area contributed by atoms with Crippen LogP contribution in [-0.2, 0) is 11.2 Å². The van der Waals surface area contributed by atoms with E-state index in [1.165, 1.54) is 37.4 Å². The summed E-state index contributed by atoms with van der Waals surface area (Å²) in [5.74, 6) is -2.85. The van der Waals surface area contributed by atoms with Crippen molar-refractivity contribution in [1.29, 1.82) is 0 Å². The molecule has 1 atom stereocenters. The van der Waals surface area contributed by atoms with Crippen LogP contribution in [0.1, 0.15) is 17.0 Å². The highest BCUT2D eigenvalue weighted by Crippen LogP contribution is 2.25. The highest BCUT2D eigenvalue weighted by Gasteiger charge is 2.22. The topological polar surface area (TPSA) is 46.5 Å². The van der Waals surface area contributed by atoms with Crippen LogP contribution in [0.4, 0.5) is 8.78 Å². The number of hydrogen-bond donors (Lipinski definition) is 1. The molecule has 0 aliphatic heterocycles. The van der Waals surface area contributed by atoms with E-state index in [1.807, 2.05) is 0 Å². The van der Waals surface area contributed by atoms with Crippen LogP contribution in [0.2, 0.25) is 0 Å². The van der Waals surface area contributed by atoms with Crippen molar-refractivity contribution < 1.29 is 23.4 Å². The molecule has 1 N–H and O–H groups in total. The minimum Gasteiger partial charge on any atom is -0.497 e. The second-order valence-corrected chi connectivity index (χ2v) is 4.61. The third-order valence-electron chi connectivity index (χ3n) is 3.23. The zero-order valence-electron chi connectivity index (χ0n) is 11.3. The highest BCUT2D eigenvalue weighted by atomic mass is 19.1. The number of carboxylic acid groups (broad SMARTS) is 1. The van der Waals surface area contributed by atoms with Crippen LogP contribution < -0.4 is 4.74 Å². The number of halogens is 2. The normalized spacial score (nSPS) is 12.0. The Balaban J connectivity index is 2.31. The summed E-state index contributed by atoms with van der Waals surface area (Å²) in [7, 11) is 1.42. The predicted molar refractivity (Wildman–Crippen MR) is 73.4 cm³/mol. The average molecular weight is 292 g/mol. The second kappa shape index (κ2) is 6.35. The Morgan fingerprint density at radius 2 is 2.00 bits per heavy atom. The largest absolute Gasteiger partial charge is 0.497 e. The van der Waals surface area contributed by atoms with E-state index in [0.717, 1.165) is 6.07 Å². The molecule has 1 unspecified atom stereocenters. The number of rotatable bonds is 5. The number of ether oxygens (including phenoxy) is 1. The van der Waals surface area contributed by atoms with Gasteiger partial charge in [-0.3, -0.25) is 4.79 Å². The van der Waals surface area contributed by atoms with Crippen molar-refractivity contribution in [3.63, 3.8) is 0 Å². The Labute approximate surface area is 120 Å². The van der Waals surface area contributed by atoms with Crippen molar-refractivity contribution in [2.45, 2.75) is 12.3 Å². The Kier molecular flexibility index (Phi) is 4.52. The summed E-state index contributed by atoms with van der Waals surface area (Å²) >= 11 is 0. The van der Waals surface area contributed by atoms with E-state index in [9.17, 15) is 18.7 Å². The van der Waals surface area contributed by atoms with Crippen LogP contribution in [0.25, 0.3) is 0 Å². The van der Waals surface area contributed by atoms with E-state index < -0.39 is 23.5 Å². The van der Waals surface area contributed by atoms with Gasteiger partial charge in [0.05, 0.1) is 13.0 Å². The quantitative estimate of drug-likeness (QED) is 0.919. The van der Waals surface area contributed by atoms with Crippen LogP contribution in [0.5, 0.6) is 5.75 Å². The number of methoxy groups -OCH3 is 1. The highest BCUT2D eigenvalue weighted by molar-refractivity contribution is 5.76. The summed E-state index contributed by atoms with van der Waals surface area (Å²) in [5.41, 5.74) is 0.546. The van der Waals surface area contributed by atoms with Gasteiger partial charge in [-0.15, -0.1) is 0 Å². The van der Waals surface area contributed by atoms with Crippen LogP contribution in [-0.4, -0.2) is 18.2 Å². The zero-order valence-corrected chi connectivity index (χ0v) is 11.3. The fourth-order valence-electron chi connectivity index (χ4n) is 2.11. The first-order chi connectivity index (χ1) is 10.0. The van der Waals surface area contributed by atoms with Gasteiger partial charge in [0.25, 0.3) is 0 Å². The van der Waals surface area contributed by atoms with Gasteiger partial charge in [0.2, 0.25) is 0 Å². The van der Waals surface area contributed by atoms with Gasteiger partial charge in [0.1, 0.15) is 17.4 Å². The zero-order chi connectivity index (χ0) is 15.4. The number of hydrogen-bond acceptors (Lipinski definition) is 2. The molecule has 0 spiro atoms. The minimum atomic E-state index is -1.13. The van der Waals surface area contributed by atoms with Crippen LogP contribution in [0.3, 0.4) is 0 Å². The molecule has 2 rings (SSSR count). The Hall–Kier alpha value is -2.43. The summed E-state index contributed by atoms with van der Waals surface area (Å²) in [6.45, 7) is 0. The molecule has 0 saturated heterocycles. The van der Waals surface area contributed by atoms with Gasteiger partial charge in [-0.05, 0) is 35.7 Å². The molecule has 3 nitrogen and oxygen atoms in total. The van der Waals surface area contributed by atoms with E-state index >= 15 is 0 Å². The van der Waals surface area contributed by atoms with Gasteiger partial charge in [0.15, 0.2) is 0 Å². The van der Waals surface area contributed by atoms with E-state index in [0.29, 0.717) is 11.3 Å². The summed E-state index contributed by atoms with van der Waals surface area (Å²) in [4.78, 5) is 11.4. The molecule has 2 aromatic carbocycles. The van der Waals surface area contributed by atoms with Crippen molar-refractivity contribution in [3.8, 4) is 5.75 Å². The van der Waals surface area contributed by atoms with Gasteiger partial charge < -0.3 is 9.84 Å². The first-order valence-electron chi connectivity index (χ1n) is 6.32. The summed E-state index contributed by atoms with van der Waals surface area (Å²) in [6, 6.07) is 9.57. The van der Waals surface area contributed by atoms with Crippen molar-refractivity contribution in [2.24, 2.45) is 0 Å². The minimum absolute atomic E-state index is 0.0609. The summed E-state index contributed by atoms with van der Waals surface area (Å²) < 4.78 is 32.0. The van der Waals surface area contributed by atoms with E-state index in [2.05, 4.69) is 0 Å². The number of carboxylic acids is 1. The Morgan fingerprint density at radius 3 is 2.57 bits per heavy atom. The molecule has 2 aromatic rings. The lowest BCUT2D eigenvalue weighted by atomic mass is 9.92. The molecule has 0 heterocycles. The molecule has 110 valence electrons. The van der Waals surface area contributed by atoms with E-state index in [4.69, 9.17) is 4.74 Å². The molecule has 0 amide bonds. The fraction of sp³-hybridized carbons (Fsp3) is 0.188. The Morgan fingerprint density at radius 1 is 1.24 bits per heavy atom. The maximum absolute atomic E-state index is 13.9. The van der Waals surface area contributed by atoms with Crippen molar-refractivity contribution >= 4 is 5.97 Å². The van der Waals surface area contributed by atoms with Gasteiger partial charge in [0, 0.05) is 6.07 Å². The van der Waals surface area contributed by atoms with Crippen molar-refractivity contribution in [1.82, 2.24) is 0 Å². The van der Waals surface area contributed by atoms with Gasteiger partial charge >= 0.3 is 5.97 Å². The summed E-state index contributed by atoms with van der Waals surface area (Å²) in [5, 5.41) is 9.30. The molecule has 0 radical (unpaired) electrons. The molecular formula is C16H14F2O3. The second-order valence-electron chi connectivity index (χ2n) is 4.61. The molecule has 0 aliphatic rings. The van der Waals surface area contributed by atoms with Gasteiger partial charge in [-0.1, -0.05) is 18.2 Å². The molecular weight excluding hydrogens is 278 g/mol. The number of benzene rings is 2. The maximum atomic E-state index is 13.9. The lowest BCUT2D eigenvalue weighted by molar-refractivity contribution is -0.138. The predicted octanol–water partition coefficient (Wildman–Crippen LogP) is 3.38. The van der Waals surface area contributed by atoms with Gasteiger partial charge in [-0.2, -0.15) is 0 Å². The number of carbonyl (C=O) groups is 1. The standard InChI is InChI=1S/C16H14F2O3/c1-21-13-6-5-11(15(18)9-13)8-14(16(19)20)10-3-2-4-12(17)7-10/h2-7,9,14H,8H2,1H3,(H,19,20). The molecule has 0 fully saturated rings. The van der Waals surface area contributed by atoms with Crippen LogP contribution in [0.15, 0.2) is 42.5 Å². The average Bonchev–Trinajstić information content (AvgIpc) is 2.45. The van der Waals surface area contributed by atoms with Crippen molar-refractivity contribution in [2.75, 3.05) is 7.11 Å². The molecule has 21 heavy (non-hydrogen) atoms. The number of aliphatic carboxylic acids is 1. The van der Waals surface area contributed by atoms with Gasteiger partial charge in [-0.25, -0.2) is 8.78 Å².